The number of likely N-dealkylation sites (tertiary alicyclic amines) is 1. The minimum absolute atomic E-state index is 0.760. The number of aryl methyl sites for hydroxylation is 1. The predicted molar refractivity (Wildman–Crippen MR) is 101 cm³/mol. The summed E-state index contributed by atoms with van der Waals surface area (Å²) in [5, 5.41) is 0. The van der Waals surface area contributed by atoms with Crippen molar-refractivity contribution in [3.63, 3.8) is 0 Å². The zero-order valence-electron chi connectivity index (χ0n) is 15.1. The van der Waals surface area contributed by atoms with Crippen LogP contribution >= 0.6 is 0 Å². The molecule has 0 N–H and O–H groups in total. The van der Waals surface area contributed by atoms with Crippen molar-refractivity contribution in [2.24, 2.45) is 11.8 Å². The number of ether oxygens (including phenoxy) is 1. The maximum atomic E-state index is 5.77. The molecule has 4 rings (SSSR count). The second-order valence-electron chi connectivity index (χ2n) is 7.70. The highest BCUT2D eigenvalue weighted by Crippen LogP contribution is 2.50. The van der Waals surface area contributed by atoms with Gasteiger partial charge in [-0.25, -0.2) is 0 Å². The Balaban J connectivity index is 1.08. The van der Waals surface area contributed by atoms with Gasteiger partial charge in [0.2, 0.25) is 0 Å². The maximum Gasteiger partial charge on any atom is 0.137 e. The van der Waals surface area contributed by atoms with E-state index in [4.69, 9.17) is 4.74 Å². The Kier molecular flexibility index (Phi) is 5.02. The molecule has 2 atom stereocenters. The minimum Gasteiger partial charge on any atom is -0.491 e. The lowest BCUT2D eigenvalue weighted by Gasteiger charge is -2.39. The fourth-order valence-electron chi connectivity index (χ4n) is 4.00. The SMILES string of the molecule is Cc1ccc(OCCN2CC(CC[C@@H]3C[C@H]3c3ccccc3)C2)cn1. The first kappa shape index (κ1) is 16.6. The predicted octanol–water partition coefficient (Wildman–Crippen LogP) is 4.28. The van der Waals surface area contributed by atoms with E-state index in [1.165, 1.54) is 32.4 Å². The third-order valence-corrected chi connectivity index (χ3v) is 5.69. The summed E-state index contributed by atoms with van der Waals surface area (Å²) in [7, 11) is 0. The Morgan fingerprint density at radius 1 is 1.08 bits per heavy atom. The van der Waals surface area contributed by atoms with Gasteiger partial charge in [0.25, 0.3) is 0 Å². The lowest BCUT2D eigenvalue weighted by molar-refractivity contribution is 0.0754. The van der Waals surface area contributed by atoms with Crippen LogP contribution in [0.1, 0.15) is 36.4 Å². The van der Waals surface area contributed by atoms with E-state index >= 15 is 0 Å². The Labute approximate surface area is 151 Å². The van der Waals surface area contributed by atoms with E-state index in [2.05, 4.69) is 40.2 Å². The summed E-state index contributed by atoms with van der Waals surface area (Å²) in [6.45, 7) is 6.28. The summed E-state index contributed by atoms with van der Waals surface area (Å²) in [5.41, 5.74) is 2.58. The van der Waals surface area contributed by atoms with Crippen molar-refractivity contribution in [1.29, 1.82) is 0 Å². The Hall–Kier alpha value is -1.87. The number of hydrogen-bond donors (Lipinski definition) is 0. The second-order valence-corrected chi connectivity index (χ2v) is 7.70. The Morgan fingerprint density at radius 2 is 1.92 bits per heavy atom. The van der Waals surface area contributed by atoms with Crippen molar-refractivity contribution in [2.75, 3.05) is 26.2 Å². The average Bonchev–Trinajstić information content (AvgIpc) is 3.38. The Morgan fingerprint density at radius 3 is 2.68 bits per heavy atom. The van der Waals surface area contributed by atoms with Crippen LogP contribution in [0.5, 0.6) is 5.75 Å². The van der Waals surface area contributed by atoms with Gasteiger partial charge in [0.1, 0.15) is 12.4 Å². The lowest BCUT2D eigenvalue weighted by atomic mass is 9.93. The van der Waals surface area contributed by atoms with Gasteiger partial charge in [-0.1, -0.05) is 30.3 Å². The van der Waals surface area contributed by atoms with Crippen LogP contribution in [-0.2, 0) is 0 Å². The normalized spacial score (nSPS) is 23.2. The zero-order valence-corrected chi connectivity index (χ0v) is 15.1. The molecule has 2 aromatic rings. The van der Waals surface area contributed by atoms with Crippen LogP contribution in [0.15, 0.2) is 48.7 Å². The number of aromatic nitrogens is 1. The highest BCUT2D eigenvalue weighted by molar-refractivity contribution is 5.25. The van der Waals surface area contributed by atoms with Gasteiger partial charge >= 0.3 is 0 Å². The molecule has 1 aromatic carbocycles. The molecule has 1 aliphatic heterocycles. The third kappa shape index (κ3) is 4.40. The number of benzene rings is 1. The summed E-state index contributed by atoms with van der Waals surface area (Å²) in [5.74, 6) is 3.56. The number of pyridine rings is 1. The molecule has 1 aromatic heterocycles. The number of rotatable bonds is 8. The van der Waals surface area contributed by atoms with E-state index in [9.17, 15) is 0 Å². The van der Waals surface area contributed by atoms with Crippen molar-refractivity contribution in [3.05, 3.63) is 59.9 Å². The molecule has 1 saturated heterocycles. The molecule has 25 heavy (non-hydrogen) atoms. The maximum absolute atomic E-state index is 5.77. The third-order valence-electron chi connectivity index (χ3n) is 5.69. The first-order valence-corrected chi connectivity index (χ1v) is 9.60. The molecule has 0 amide bonds. The van der Waals surface area contributed by atoms with E-state index in [1.807, 2.05) is 25.3 Å². The number of hydrogen-bond acceptors (Lipinski definition) is 3. The van der Waals surface area contributed by atoms with E-state index in [0.29, 0.717) is 0 Å². The van der Waals surface area contributed by atoms with Crippen LogP contribution in [0.2, 0.25) is 0 Å². The van der Waals surface area contributed by atoms with E-state index in [1.54, 1.807) is 5.56 Å². The van der Waals surface area contributed by atoms with Crippen molar-refractivity contribution < 1.29 is 4.74 Å². The molecular weight excluding hydrogens is 308 g/mol. The summed E-state index contributed by atoms with van der Waals surface area (Å²) in [6, 6.07) is 15.0. The molecule has 0 unspecified atom stereocenters. The van der Waals surface area contributed by atoms with Crippen molar-refractivity contribution in [3.8, 4) is 5.75 Å². The van der Waals surface area contributed by atoms with Gasteiger partial charge in [-0.15, -0.1) is 0 Å². The van der Waals surface area contributed by atoms with Crippen LogP contribution in [0, 0.1) is 18.8 Å². The highest BCUT2D eigenvalue weighted by atomic mass is 16.5. The van der Waals surface area contributed by atoms with Crippen LogP contribution in [0.3, 0.4) is 0 Å². The summed E-state index contributed by atoms with van der Waals surface area (Å²) in [4.78, 5) is 6.77. The van der Waals surface area contributed by atoms with Gasteiger partial charge in [-0.2, -0.15) is 0 Å². The molecule has 2 fully saturated rings. The van der Waals surface area contributed by atoms with Crippen LogP contribution in [-0.4, -0.2) is 36.1 Å². The molecule has 132 valence electrons. The molecule has 2 heterocycles. The molecular formula is C22H28N2O. The Bertz CT molecular complexity index is 664. The minimum atomic E-state index is 0.760. The van der Waals surface area contributed by atoms with Gasteiger partial charge in [0.15, 0.2) is 0 Å². The average molecular weight is 336 g/mol. The molecule has 3 heteroatoms. The number of nitrogens with zero attached hydrogens (tertiary/aromatic N) is 2. The van der Waals surface area contributed by atoms with Gasteiger partial charge in [0.05, 0.1) is 6.20 Å². The monoisotopic (exact) mass is 336 g/mol. The first-order valence-electron chi connectivity index (χ1n) is 9.60. The van der Waals surface area contributed by atoms with Gasteiger partial charge < -0.3 is 4.74 Å². The summed E-state index contributed by atoms with van der Waals surface area (Å²) >= 11 is 0. The molecule has 0 radical (unpaired) electrons. The second kappa shape index (κ2) is 7.57. The van der Waals surface area contributed by atoms with E-state index in [-0.39, 0.29) is 0 Å². The fourth-order valence-corrected chi connectivity index (χ4v) is 4.00. The molecule has 0 spiro atoms. The van der Waals surface area contributed by atoms with Crippen LogP contribution in [0.25, 0.3) is 0 Å². The van der Waals surface area contributed by atoms with Crippen molar-refractivity contribution >= 4 is 0 Å². The lowest BCUT2D eigenvalue weighted by Crippen LogP contribution is -2.48. The smallest absolute Gasteiger partial charge is 0.137 e. The molecule has 2 aliphatic rings. The first-order chi connectivity index (χ1) is 12.3. The highest BCUT2D eigenvalue weighted by Gasteiger charge is 2.38. The standard InChI is InChI=1S/C22H28N2O/c1-17-7-10-21(14-23-17)25-12-11-24-15-18(16-24)8-9-20-13-22(20)19-5-3-2-4-6-19/h2-7,10,14,18,20,22H,8-9,11-13,15-16H2,1H3/t20-,22+/m1/s1. The van der Waals surface area contributed by atoms with Crippen molar-refractivity contribution in [2.45, 2.75) is 32.1 Å². The van der Waals surface area contributed by atoms with Gasteiger partial charge in [0, 0.05) is 25.3 Å². The van der Waals surface area contributed by atoms with E-state index in [0.717, 1.165) is 42.3 Å². The summed E-state index contributed by atoms with van der Waals surface area (Å²) in [6.07, 6.45) is 6.02. The quantitative estimate of drug-likeness (QED) is 0.719. The van der Waals surface area contributed by atoms with E-state index < -0.39 is 0 Å². The molecule has 0 bridgehead atoms. The zero-order chi connectivity index (χ0) is 17.1. The molecule has 1 saturated carbocycles. The molecule has 3 nitrogen and oxygen atoms in total. The topological polar surface area (TPSA) is 25.4 Å². The van der Waals surface area contributed by atoms with Gasteiger partial charge in [-0.05, 0) is 61.6 Å². The van der Waals surface area contributed by atoms with Gasteiger partial charge in [-0.3, -0.25) is 9.88 Å². The van der Waals surface area contributed by atoms with Crippen molar-refractivity contribution in [1.82, 2.24) is 9.88 Å². The molecule has 1 aliphatic carbocycles. The largest absolute Gasteiger partial charge is 0.491 e. The summed E-state index contributed by atoms with van der Waals surface area (Å²) < 4.78 is 5.77. The fraction of sp³-hybridized carbons (Fsp3) is 0.500. The van der Waals surface area contributed by atoms with Crippen LogP contribution < -0.4 is 4.74 Å². The van der Waals surface area contributed by atoms with Crippen LogP contribution in [0.4, 0.5) is 0 Å².